The molecule has 138 heavy (non-hydrogen) atoms. The Hall–Kier alpha value is -6.75. The van der Waals surface area contributed by atoms with Gasteiger partial charge in [0.15, 0.2) is 0 Å². The van der Waals surface area contributed by atoms with Gasteiger partial charge in [0.1, 0.15) is 0 Å². The average Bonchev–Trinajstić information content (AvgIpc) is 0.693. The molecular formula is C128H172O8Th2. The summed E-state index contributed by atoms with van der Waals surface area (Å²) >= 11 is 0. The molecule has 0 saturated heterocycles. The summed E-state index contributed by atoms with van der Waals surface area (Å²) in [5.41, 5.74) is 14.6. The van der Waals surface area contributed by atoms with Gasteiger partial charge < -0.3 is 40.9 Å². The van der Waals surface area contributed by atoms with Gasteiger partial charge in [-0.25, -0.2) is 0 Å². The van der Waals surface area contributed by atoms with Gasteiger partial charge in [-0.1, -0.05) is 478 Å². The van der Waals surface area contributed by atoms with Gasteiger partial charge in [-0.15, -0.1) is 46.0 Å². The molecule has 0 heterocycles. The van der Waals surface area contributed by atoms with Crippen molar-refractivity contribution >= 4 is 0 Å². The average molecular weight is 2300 g/mol. The van der Waals surface area contributed by atoms with Crippen molar-refractivity contribution in [3.8, 4) is 46.0 Å². The van der Waals surface area contributed by atoms with Crippen molar-refractivity contribution in [3.63, 3.8) is 0 Å². The Kier molecular flexibility index (Phi) is 34.3. The summed E-state index contributed by atoms with van der Waals surface area (Å²) < 4.78 is 0. The second-order valence-corrected chi connectivity index (χ2v) is 56.6. The maximum absolute atomic E-state index is 15.4. The molecule has 0 aromatic heterocycles. The molecule has 0 aliphatic carbocycles. The maximum atomic E-state index is 15.4. The standard InChI is InChI=1S/2C64H90O4.2Th/c2*1-57(2,3)39-29-43(53(65)47(33-39)61(13,14)15)51(44-30-40(58(4,5)6)34-48(54(44)66)62(16,17)18)37-26-25-27-38(28-37)52(45-31-41(59(7,8)9)35-49(55(45)67)63(19,20)21)46-32-42(60(10,11)12)36-50(56(46)68)64(22,23)24;;/h2*25-36,51-52,65-68H,1-24H3;;/q;;2*+4/p-8. The maximum Gasteiger partial charge on any atom is 4.00 e. The summed E-state index contributed by atoms with van der Waals surface area (Å²) in [4.78, 5) is 0. The van der Waals surface area contributed by atoms with Gasteiger partial charge >= 0.3 is 79.9 Å². The fourth-order valence-electron chi connectivity index (χ4n) is 18.8. The molecule has 0 radical (unpaired) electrons. The van der Waals surface area contributed by atoms with Crippen LogP contribution in [-0.2, 0) is 86.6 Å². The van der Waals surface area contributed by atoms with Gasteiger partial charge in [0.25, 0.3) is 0 Å². The molecule has 10 heteroatoms. The fraction of sp³-hybridized carbons (Fsp3) is 0.531. The van der Waals surface area contributed by atoms with Crippen LogP contribution in [0.5, 0.6) is 46.0 Å². The summed E-state index contributed by atoms with van der Waals surface area (Å²) in [6.45, 7) is 102. The van der Waals surface area contributed by atoms with Crippen LogP contribution in [0.25, 0.3) is 0 Å². The van der Waals surface area contributed by atoms with E-state index < -0.39 is 67.0 Å². The summed E-state index contributed by atoms with van der Waals surface area (Å²) in [6, 6.07) is 49.1. The molecule has 0 saturated carbocycles. The third kappa shape index (κ3) is 26.1. The number of rotatable bonds is 12. The molecule has 8 nitrogen and oxygen atoms in total. The van der Waals surface area contributed by atoms with E-state index in [0.717, 1.165) is 66.8 Å². The molecule has 0 unspecified atom stereocenters. The van der Waals surface area contributed by atoms with Crippen LogP contribution in [0.15, 0.2) is 146 Å². The van der Waals surface area contributed by atoms with Gasteiger partial charge in [0, 0.05) is 23.7 Å². The van der Waals surface area contributed by atoms with Crippen LogP contribution in [0, 0.1) is 79.9 Å². The van der Waals surface area contributed by atoms with Crippen molar-refractivity contribution in [1.29, 1.82) is 0 Å². The Labute approximate surface area is 901 Å². The van der Waals surface area contributed by atoms with Gasteiger partial charge in [-0.05, 0) is 242 Å². The molecule has 0 spiro atoms. The minimum Gasteiger partial charge on any atom is -0.872 e. The minimum absolute atomic E-state index is 0. The van der Waals surface area contributed by atoms with E-state index in [9.17, 15) is 0 Å². The first-order chi connectivity index (χ1) is 60.9. The summed E-state index contributed by atoms with van der Waals surface area (Å²) in [6.07, 6.45) is 0. The van der Waals surface area contributed by atoms with Crippen molar-refractivity contribution in [1.82, 2.24) is 0 Å². The monoisotopic (exact) mass is 2300 g/mol. The zero-order valence-corrected chi connectivity index (χ0v) is 103. The van der Waals surface area contributed by atoms with Gasteiger partial charge in [0.05, 0.1) is 0 Å². The molecule has 10 aromatic carbocycles. The Balaban J connectivity index is 0.000000370. The van der Waals surface area contributed by atoms with Crippen LogP contribution >= 0.6 is 0 Å². The first-order valence-corrected chi connectivity index (χ1v) is 50.0. The third-order valence-corrected chi connectivity index (χ3v) is 28.0. The van der Waals surface area contributed by atoms with Crippen LogP contribution in [0.1, 0.15) is 512 Å². The van der Waals surface area contributed by atoms with E-state index in [1.54, 1.807) is 0 Å². The van der Waals surface area contributed by atoms with Crippen LogP contribution in [0.2, 0.25) is 0 Å². The molecule has 0 atom stereocenters. The van der Waals surface area contributed by atoms with E-state index in [-0.39, 0.29) is 169 Å². The molecule has 0 amide bonds. The Morgan fingerprint density at radius 3 is 0.312 bits per heavy atom. The van der Waals surface area contributed by atoms with Gasteiger partial charge in [0.2, 0.25) is 0 Å². The van der Waals surface area contributed by atoms with E-state index in [4.69, 9.17) is 0 Å². The zero-order chi connectivity index (χ0) is 104. The molecule has 0 N–H and O–H groups in total. The molecular weight excluding hydrogens is 2130 g/mol. The molecule has 740 valence electrons. The number of hydrogen-bond acceptors (Lipinski definition) is 8. The fourth-order valence-corrected chi connectivity index (χ4v) is 18.8. The van der Waals surface area contributed by atoms with E-state index >= 15 is 40.9 Å². The smallest absolute Gasteiger partial charge is 0.872 e. The largest absolute Gasteiger partial charge is 4.00 e. The Morgan fingerprint density at radius 1 is 0.138 bits per heavy atom. The van der Waals surface area contributed by atoms with Crippen molar-refractivity contribution < 1.29 is 121 Å². The molecule has 10 aromatic rings. The second-order valence-electron chi connectivity index (χ2n) is 56.6. The molecule has 0 aliphatic rings. The van der Waals surface area contributed by atoms with Gasteiger partial charge in [-0.3, -0.25) is 0 Å². The van der Waals surface area contributed by atoms with Crippen molar-refractivity contribution in [2.24, 2.45) is 0 Å². The SMILES string of the molecule is CC(C)(C)c1cc(C(c2cccc(C(c3cc(C(C)(C)C)cc(C(C)(C)C)c3[O-])c3cc(C(C)(C)C)cc(C(C)(C)C)c3[O-])c2)c2cc(C(C)(C)C)cc(C(C)(C)C)c2[O-])c([O-])c(C(C)(C)C)c1.CC(C)(C)c1cc(C(c2cccc(C(c3cc(C(C)(C)C)cc(C(C)(C)C)c3[O-])c3cc(C(C)(C)C)cc(C(C)(C)C)c3[O-])c2)c2cc(C(C)(C)C)cc(C(C)(C)C)c2[O-])c([O-])c(C(C)(C)C)c1.[Th+4].[Th+4]. The first-order valence-electron chi connectivity index (χ1n) is 50.0. The predicted molar refractivity (Wildman–Crippen MR) is 563 cm³/mol. The van der Waals surface area contributed by atoms with Crippen molar-refractivity contribution in [3.05, 3.63) is 301 Å². The second kappa shape index (κ2) is 40.0. The van der Waals surface area contributed by atoms with E-state index in [1.165, 1.54) is 0 Å². The van der Waals surface area contributed by atoms with E-state index in [0.29, 0.717) is 89.0 Å². The van der Waals surface area contributed by atoms with Crippen molar-refractivity contribution in [2.45, 2.75) is 443 Å². The van der Waals surface area contributed by atoms with Crippen LogP contribution in [-0.4, -0.2) is 0 Å². The normalized spacial score (nSPS) is 13.6. The summed E-state index contributed by atoms with van der Waals surface area (Å²) in [7, 11) is 0. The van der Waals surface area contributed by atoms with Crippen LogP contribution < -0.4 is 40.9 Å². The van der Waals surface area contributed by atoms with Crippen LogP contribution in [0.3, 0.4) is 0 Å². The molecule has 10 rings (SSSR count). The first kappa shape index (κ1) is 118. The van der Waals surface area contributed by atoms with E-state index in [2.05, 4.69) is 393 Å². The predicted octanol–water partition coefficient (Wildman–Crippen LogP) is 29.4. The van der Waals surface area contributed by atoms with Crippen LogP contribution in [0.4, 0.5) is 0 Å². The Bertz CT molecular complexity index is 5040. The van der Waals surface area contributed by atoms with E-state index in [1.807, 2.05) is 84.9 Å². The summed E-state index contributed by atoms with van der Waals surface area (Å²) in [5.74, 6) is -3.79. The molecule has 0 bridgehead atoms. The molecule has 0 fully saturated rings. The van der Waals surface area contributed by atoms with Gasteiger partial charge in [-0.2, -0.15) is 0 Å². The van der Waals surface area contributed by atoms with Crippen molar-refractivity contribution in [2.75, 3.05) is 0 Å². The minimum atomic E-state index is -0.780. The number of hydrogen-bond donors (Lipinski definition) is 0. The third-order valence-electron chi connectivity index (χ3n) is 28.0. The topological polar surface area (TPSA) is 184 Å². The summed E-state index contributed by atoms with van der Waals surface area (Å²) in [5, 5.41) is 124. The molecule has 0 aliphatic heterocycles. The Morgan fingerprint density at radius 2 is 0.232 bits per heavy atom. The quantitative estimate of drug-likeness (QED) is 0.108. The zero-order valence-electron chi connectivity index (χ0n) is 94.4. The number of benzene rings is 10.